The molecule has 1 amide bonds. The van der Waals surface area contributed by atoms with E-state index in [1.807, 2.05) is 37.4 Å². The van der Waals surface area contributed by atoms with Crippen molar-refractivity contribution in [2.75, 3.05) is 38.7 Å². The average molecular weight is 444 g/mol. The molecule has 1 heterocycles. The zero-order chi connectivity index (χ0) is 22.2. The lowest BCUT2D eigenvalue weighted by molar-refractivity contribution is 0.0765. The average Bonchev–Trinajstić information content (AvgIpc) is 3.02. The molecule has 1 atom stereocenters. The molecule has 2 aromatic carbocycles. The Balaban J connectivity index is 1.82. The SMILES string of the molecule is CCOc1cc(C(=O)N2CCSC(c3ccccc3C)CC2)cc(OCC)c1OCC. The van der Waals surface area contributed by atoms with E-state index in [9.17, 15) is 4.79 Å². The number of carbonyl (C=O) groups is 1. The number of benzene rings is 2. The summed E-state index contributed by atoms with van der Waals surface area (Å²) in [6, 6.07) is 12.1. The second kappa shape index (κ2) is 11.3. The van der Waals surface area contributed by atoms with Crippen molar-refractivity contribution in [2.24, 2.45) is 0 Å². The quantitative estimate of drug-likeness (QED) is 0.538. The van der Waals surface area contributed by atoms with Gasteiger partial charge in [0.2, 0.25) is 5.75 Å². The molecule has 1 saturated heterocycles. The summed E-state index contributed by atoms with van der Waals surface area (Å²) in [7, 11) is 0. The van der Waals surface area contributed by atoms with Gasteiger partial charge in [-0.05, 0) is 57.4 Å². The molecule has 1 aliphatic rings. The number of nitrogens with zero attached hydrogens (tertiary/aromatic N) is 1. The second-order valence-electron chi connectivity index (χ2n) is 7.40. The van der Waals surface area contributed by atoms with Gasteiger partial charge in [0.05, 0.1) is 19.8 Å². The molecule has 2 aromatic rings. The Morgan fingerprint density at radius 2 is 1.65 bits per heavy atom. The molecule has 1 unspecified atom stereocenters. The summed E-state index contributed by atoms with van der Waals surface area (Å²) in [5.74, 6) is 2.60. The van der Waals surface area contributed by atoms with Crippen LogP contribution in [0.1, 0.15) is 53.9 Å². The minimum Gasteiger partial charge on any atom is -0.490 e. The van der Waals surface area contributed by atoms with Gasteiger partial charge in [-0.25, -0.2) is 0 Å². The lowest BCUT2D eigenvalue weighted by Crippen LogP contribution is -2.33. The standard InChI is InChI=1S/C25H33NO4S/c1-5-28-21-16-19(17-22(29-6-2)24(21)30-7-3)25(27)26-13-12-23(31-15-14-26)20-11-9-8-10-18(20)4/h8-11,16-17,23H,5-7,12-15H2,1-4H3. The number of rotatable bonds is 8. The van der Waals surface area contributed by atoms with Gasteiger partial charge in [-0.15, -0.1) is 0 Å². The minimum atomic E-state index is 0.0102. The first-order valence-corrected chi connectivity index (χ1v) is 12.2. The fraction of sp³-hybridized carbons (Fsp3) is 0.480. The van der Waals surface area contributed by atoms with Crippen LogP contribution in [0.25, 0.3) is 0 Å². The molecule has 6 heteroatoms. The predicted octanol–water partition coefficient (Wildman–Crippen LogP) is 5.51. The Hall–Kier alpha value is -2.34. The van der Waals surface area contributed by atoms with E-state index >= 15 is 0 Å². The van der Waals surface area contributed by atoms with Crippen LogP contribution in [-0.2, 0) is 0 Å². The fourth-order valence-electron chi connectivity index (χ4n) is 3.86. The lowest BCUT2D eigenvalue weighted by Gasteiger charge is -2.22. The molecule has 5 nitrogen and oxygen atoms in total. The molecule has 0 N–H and O–H groups in total. The van der Waals surface area contributed by atoms with Gasteiger partial charge in [0.1, 0.15) is 0 Å². The molecule has 0 aromatic heterocycles. The van der Waals surface area contributed by atoms with E-state index in [4.69, 9.17) is 14.2 Å². The van der Waals surface area contributed by atoms with Crippen LogP contribution >= 0.6 is 11.8 Å². The molecule has 0 bridgehead atoms. The van der Waals surface area contributed by atoms with Crippen LogP contribution in [0.5, 0.6) is 17.2 Å². The van der Waals surface area contributed by atoms with Gasteiger partial charge in [-0.1, -0.05) is 24.3 Å². The van der Waals surface area contributed by atoms with Crippen LogP contribution in [0, 0.1) is 6.92 Å². The summed E-state index contributed by atoms with van der Waals surface area (Å²) in [6.07, 6.45) is 0.939. The first kappa shape index (κ1) is 23.3. The highest BCUT2D eigenvalue weighted by Crippen LogP contribution is 2.40. The Bertz CT molecular complexity index is 859. The molecule has 0 aliphatic carbocycles. The van der Waals surface area contributed by atoms with Crippen LogP contribution in [0.4, 0.5) is 0 Å². The third-order valence-electron chi connectivity index (χ3n) is 5.32. The monoisotopic (exact) mass is 443 g/mol. The summed E-state index contributed by atoms with van der Waals surface area (Å²) >= 11 is 1.94. The smallest absolute Gasteiger partial charge is 0.254 e. The van der Waals surface area contributed by atoms with Crippen molar-refractivity contribution in [3.8, 4) is 17.2 Å². The normalized spacial score (nSPS) is 16.5. The third kappa shape index (κ3) is 5.67. The van der Waals surface area contributed by atoms with Gasteiger partial charge >= 0.3 is 0 Å². The highest BCUT2D eigenvalue weighted by Gasteiger charge is 2.26. The predicted molar refractivity (Wildman–Crippen MR) is 127 cm³/mol. The molecular formula is C25H33NO4S. The molecule has 1 fully saturated rings. The van der Waals surface area contributed by atoms with Gasteiger partial charge in [0.15, 0.2) is 11.5 Å². The summed E-state index contributed by atoms with van der Waals surface area (Å²) in [6.45, 7) is 10.8. The van der Waals surface area contributed by atoms with Gasteiger partial charge < -0.3 is 19.1 Å². The molecule has 0 saturated carbocycles. The second-order valence-corrected chi connectivity index (χ2v) is 8.71. The summed E-state index contributed by atoms with van der Waals surface area (Å²) in [5.41, 5.74) is 3.27. The third-order valence-corrected chi connectivity index (χ3v) is 6.63. The Kier molecular flexibility index (Phi) is 8.52. The first-order valence-electron chi connectivity index (χ1n) is 11.1. The van der Waals surface area contributed by atoms with E-state index in [0.717, 1.165) is 25.3 Å². The molecule has 31 heavy (non-hydrogen) atoms. The number of hydrogen-bond donors (Lipinski definition) is 0. The molecule has 0 radical (unpaired) electrons. The lowest BCUT2D eigenvalue weighted by atomic mass is 10.0. The van der Waals surface area contributed by atoms with Crippen molar-refractivity contribution >= 4 is 17.7 Å². The first-order chi connectivity index (χ1) is 15.1. The fourth-order valence-corrected chi connectivity index (χ4v) is 5.19. The van der Waals surface area contributed by atoms with E-state index in [2.05, 4.69) is 31.2 Å². The van der Waals surface area contributed by atoms with Crippen molar-refractivity contribution in [3.05, 3.63) is 53.1 Å². The zero-order valence-corrected chi connectivity index (χ0v) is 19.8. The van der Waals surface area contributed by atoms with Crippen molar-refractivity contribution < 1.29 is 19.0 Å². The van der Waals surface area contributed by atoms with Crippen LogP contribution in [0.15, 0.2) is 36.4 Å². The highest BCUT2D eigenvalue weighted by atomic mass is 32.2. The van der Waals surface area contributed by atoms with Crippen molar-refractivity contribution in [3.63, 3.8) is 0 Å². The Morgan fingerprint density at radius 3 is 2.26 bits per heavy atom. The van der Waals surface area contributed by atoms with Crippen molar-refractivity contribution in [2.45, 2.75) is 39.4 Å². The molecular weight excluding hydrogens is 410 g/mol. The Labute approximate surface area is 190 Å². The van der Waals surface area contributed by atoms with Crippen LogP contribution < -0.4 is 14.2 Å². The molecule has 168 valence electrons. The molecule has 1 aliphatic heterocycles. The van der Waals surface area contributed by atoms with Gasteiger partial charge in [0, 0.05) is 29.7 Å². The Morgan fingerprint density at radius 1 is 1.00 bits per heavy atom. The molecule has 3 rings (SSSR count). The number of ether oxygens (including phenoxy) is 3. The van der Waals surface area contributed by atoms with Gasteiger partial charge in [-0.3, -0.25) is 4.79 Å². The highest BCUT2D eigenvalue weighted by molar-refractivity contribution is 7.99. The largest absolute Gasteiger partial charge is 0.490 e. The van der Waals surface area contributed by atoms with Crippen LogP contribution in [0.3, 0.4) is 0 Å². The van der Waals surface area contributed by atoms with E-state index in [0.29, 0.717) is 47.9 Å². The number of amides is 1. The van der Waals surface area contributed by atoms with Crippen LogP contribution in [-0.4, -0.2) is 49.5 Å². The van der Waals surface area contributed by atoms with Gasteiger partial charge in [-0.2, -0.15) is 11.8 Å². The summed E-state index contributed by atoms with van der Waals surface area (Å²) in [5, 5.41) is 0.414. The minimum absolute atomic E-state index is 0.0102. The van der Waals surface area contributed by atoms with E-state index in [-0.39, 0.29) is 5.91 Å². The number of thioether (sulfide) groups is 1. The topological polar surface area (TPSA) is 48.0 Å². The zero-order valence-electron chi connectivity index (χ0n) is 19.0. The number of carbonyl (C=O) groups excluding carboxylic acids is 1. The maximum atomic E-state index is 13.4. The van der Waals surface area contributed by atoms with Gasteiger partial charge in [0.25, 0.3) is 5.91 Å². The van der Waals surface area contributed by atoms with Crippen molar-refractivity contribution in [1.82, 2.24) is 4.90 Å². The van der Waals surface area contributed by atoms with Crippen LogP contribution in [0.2, 0.25) is 0 Å². The van der Waals surface area contributed by atoms with E-state index in [1.54, 1.807) is 12.1 Å². The maximum Gasteiger partial charge on any atom is 0.254 e. The van der Waals surface area contributed by atoms with E-state index < -0.39 is 0 Å². The van der Waals surface area contributed by atoms with Crippen molar-refractivity contribution in [1.29, 1.82) is 0 Å². The van der Waals surface area contributed by atoms with E-state index in [1.165, 1.54) is 11.1 Å². The number of aryl methyl sites for hydroxylation is 1. The molecule has 0 spiro atoms. The maximum absolute atomic E-state index is 13.4. The summed E-state index contributed by atoms with van der Waals surface area (Å²) < 4.78 is 17.3. The number of hydrogen-bond acceptors (Lipinski definition) is 5. The summed E-state index contributed by atoms with van der Waals surface area (Å²) in [4.78, 5) is 15.4.